The largest absolute Gasteiger partial charge is 0.545 e. The van der Waals surface area contributed by atoms with Crippen molar-refractivity contribution in [2.24, 2.45) is 4.99 Å². The van der Waals surface area contributed by atoms with E-state index in [0.29, 0.717) is 28.5 Å². The van der Waals surface area contributed by atoms with Crippen molar-refractivity contribution in [3.05, 3.63) is 71.6 Å². The van der Waals surface area contributed by atoms with Crippen molar-refractivity contribution in [3.8, 4) is 22.5 Å². The van der Waals surface area contributed by atoms with Crippen molar-refractivity contribution in [3.63, 3.8) is 0 Å². The standard InChI is InChI=1S/C24H22N2O3.C6H7NO4.2H2S/c1-4-25-15-9-11-19-21(13-15)29-22-14-16(26(2)3)10-12-20(22)23(19)17-7-5-6-8-18(17)24(27)28;1-4(8)11-7-5(9)2-3-6(7)10;;/h5-14H,4H2,1-3H3,(H,27,28);2-3H2,1H3;2*1H2/p-1. The number of amides is 2. The van der Waals surface area contributed by atoms with E-state index in [4.69, 9.17) is 4.42 Å². The Labute approximate surface area is 256 Å². The lowest BCUT2D eigenvalue weighted by Crippen LogP contribution is -2.30. The highest BCUT2D eigenvalue weighted by Gasteiger charge is 2.31. The Balaban J connectivity index is 0.000000404. The predicted molar refractivity (Wildman–Crippen MR) is 167 cm³/mol. The van der Waals surface area contributed by atoms with Gasteiger partial charge < -0.3 is 24.1 Å². The third kappa shape index (κ3) is 7.31. The highest BCUT2D eigenvalue weighted by atomic mass is 32.1. The summed E-state index contributed by atoms with van der Waals surface area (Å²) < 4.78 is 6.24. The number of anilines is 1. The number of benzene rings is 3. The zero-order valence-electron chi connectivity index (χ0n) is 23.6. The van der Waals surface area contributed by atoms with Crippen LogP contribution in [0.3, 0.4) is 0 Å². The summed E-state index contributed by atoms with van der Waals surface area (Å²) in [6.07, 6.45) is 0.262. The van der Waals surface area contributed by atoms with Gasteiger partial charge in [0.25, 0.3) is 11.8 Å². The fraction of sp³-hybridized carbons (Fsp3) is 0.233. The molecule has 0 N–H and O–H groups in total. The van der Waals surface area contributed by atoms with Crippen molar-refractivity contribution in [1.29, 1.82) is 0 Å². The number of imide groups is 1. The van der Waals surface area contributed by atoms with Crippen molar-refractivity contribution < 1.29 is 33.5 Å². The zero-order valence-corrected chi connectivity index (χ0v) is 25.6. The fourth-order valence-corrected chi connectivity index (χ4v) is 4.38. The Morgan fingerprint density at radius 2 is 1.64 bits per heavy atom. The molecule has 0 aromatic heterocycles. The second kappa shape index (κ2) is 14.6. The number of carbonyl (C=O) groups excluding carboxylic acids is 4. The maximum Gasteiger partial charge on any atom is 0.330 e. The number of fused-ring (bicyclic) bond motifs is 2. The van der Waals surface area contributed by atoms with Crippen molar-refractivity contribution in [2.75, 3.05) is 25.5 Å². The van der Waals surface area contributed by atoms with Crippen LogP contribution in [0.1, 0.15) is 37.0 Å². The fourth-order valence-electron chi connectivity index (χ4n) is 4.38. The van der Waals surface area contributed by atoms with Gasteiger partial charge in [0.15, 0.2) is 0 Å². The van der Waals surface area contributed by atoms with Gasteiger partial charge in [-0.25, -0.2) is 4.79 Å². The maximum atomic E-state index is 11.8. The number of carbonyl (C=O) groups is 4. The molecule has 1 saturated heterocycles. The number of hydroxylamine groups is 2. The minimum absolute atomic E-state index is 0. The molecule has 2 aliphatic heterocycles. The molecule has 5 rings (SSSR count). The normalized spacial score (nSPS) is 12.8. The lowest BCUT2D eigenvalue weighted by Gasteiger charge is -2.19. The topological polar surface area (TPSA) is 133 Å². The van der Waals surface area contributed by atoms with E-state index in [9.17, 15) is 24.3 Å². The number of nitrogens with zero attached hydrogens (tertiary/aromatic N) is 3. The van der Waals surface area contributed by atoms with E-state index in [1.165, 1.54) is 0 Å². The van der Waals surface area contributed by atoms with Gasteiger partial charge in [-0.05, 0) is 36.8 Å². The molecule has 0 unspecified atom stereocenters. The molecule has 0 spiro atoms. The van der Waals surface area contributed by atoms with Gasteiger partial charge in [0.05, 0.1) is 11.3 Å². The van der Waals surface area contributed by atoms with Gasteiger partial charge in [-0.1, -0.05) is 24.3 Å². The molecule has 2 aromatic carbocycles. The second-order valence-corrected chi connectivity index (χ2v) is 9.20. The number of aromatic carboxylic acids is 1. The molecule has 3 aliphatic rings. The SMILES string of the molecule is CC(=O)ON1C(=O)CCC1=O.CCN=c1ccc2c(-c3ccccc3C(=O)[O-])c3ccc(N(C)C)cc3oc-2c1.S.S. The van der Waals surface area contributed by atoms with E-state index in [2.05, 4.69) is 9.83 Å². The molecule has 10 nitrogen and oxygen atoms in total. The van der Waals surface area contributed by atoms with Crippen LogP contribution in [-0.2, 0) is 19.2 Å². The van der Waals surface area contributed by atoms with Gasteiger partial charge in [0, 0.05) is 80.3 Å². The third-order valence-electron chi connectivity index (χ3n) is 6.19. The second-order valence-electron chi connectivity index (χ2n) is 9.20. The Morgan fingerprint density at radius 1 is 0.976 bits per heavy atom. The molecule has 2 amide bonds. The Kier molecular flexibility index (Phi) is 11.8. The van der Waals surface area contributed by atoms with Crippen LogP contribution in [-0.4, -0.2) is 49.5 Å². The summed E-state index contributed by atoms with van der Waals surface area (Å²) in [7, 11) is 3.93. The monoisotopic (exact) mass is 610 g/mol. The summed E-state index contributed by atoms with van der Waals surface area (Å²) in [5.74, 6) is -2.11. The maximum absolute atomic E-state index is 11.8. The Hall–Kier alpha value is -4.29. The van der Waals surface area contributed by atoms with E-state index in [0.717, 1.165) is 34.5 Å². The first-order chi connectivity index (χ1) is 19.1. The molecule has 42 heavy (non-hydrogen) atoms. The number of carboxylic acid groups (broad SMARTS) is 1. The quantitative estimate of drug-likeness (QED) is 0.248. The van der Waals surface area contributed by atoms with Crippen LogP contribution in [0.5, 0.6) is 0 Å². The first kappa shape index (κ1) is 33.9. The molecule has 0 bridgehead atoms. The van der Waals surface area contributed by atoms with Crippen molar-refractivity contribution >= 4 is 67.4 Å². The summed E-state index contributed by atoms with van der Waals surface area (Å²) in [4.78, 5) is 54.4. The molecular weight excluding hydrogens is 578 g/mol. The summed E-state index contributed by atoms with van der Waals surface area (Å²) in [5, 5.41) is 14.0. The van der Waals surface area contributed by atoms with E-state index in [1.807, 2.05) is 74.4 Å². The van der Waals surface area contributed by atoms with E-state index in [-0.39, 0.29) is 45.4 Å². The summed E-state index contributed by atoms with van der Waals surface area (Å²) >= 11 is 0. The first-order valence-corrected chi connectivity index (χ1v) is 12.6. The van der Waals surface area contributed by atoms with Crippen LogP contribution in [0.15, 0.2) is 70.1 Å². The highest BCUT2D eigenvalue weighted by molar-refractivity contribution is 7.59. The summed E-state index contributed by atoms with van der Waals surface area (Å²) in [5.41, 5.74) is 4.08. The molecule has 2 heterocycles. The lowest BCUT2D eigenvalue weighted by atomic mass is 9.90. The van der Waals surface area contributed by atoms with E-state index < -0.39 is 23.8 Å². The van der Waals surface area contributed by atoms with Gasteiger partial charge in [-0.3, -0.25) is 14.6 Å². The van der Waals surface area contributed by atoms with Gasteiger partial charge in [-0.2, -0.15) is 27.0 Å². The van der Waals surface area contributed by atoms with Crippen LogP contribution >= 0.6 is 27.0 Å². The van der Waals surface area contributed by atoms with Gasteiger partial charge in [-0.15, -0.1) is 5.06 Å². The Morgan fingerprint density at radius 3 is 2.24 bits per heavy atom. The molecule has 12 heteroatoms. The smallest absolute Gasteiger partial charge is 0.330 e. The molecule has 2 aromatic rings. The molecule has 1 aliphatic carbocycles. The van der Waals surface area contributed by atoms with Crippen LogP contribution in [0, 0.1) is 0 Å². The molecule has 0 saturated carbocycles. The molecule has 0 atom stereocenters. The third-order valence-corrected chi connectivity index (χ3v) is 6.19. The van der Waals surface area contributed by atoms with Crippen LogP contribution in [0.2, 0.25) is 0 Å². The number of rotatable bonds is 5. The van der Waals surface area contributed by atoms with Gasteiger partial charge in [0.2, 0.25) is 0 Å². The minimum atomic E-state index is -1.20. The minimum Gasteiger partial charge on any atom is -0.545 e. The average molecular weight is 611 g/mol. The van der Waals surface area contributed by atoms with Crippen LogP contribution in [0.25, 0.3) is 33.4 Å². The average Bonchev–Trinajstić information content (AvgIpc) is 3.23. The summed E-state index contributed by atoms with van der Waals surface area (Å²) in [6, 6.07) is 18.6. The Bertz CT molecular complexity index is 1650. The van der Waals surface area contributed by atoms with Gasteiger partial charge >= 0.3 is 5.97 Å². The summed E-state index contributed by atoms with van der Waals surface area (Å²) in [6.45, 7) is 3.79. The number of hydrogen-bond donors (Lipinski definition) is 0. The van der Waals surface area contributed by atoms with Crippen LogP contribution in [0.4, 0.5) is 5.69 Å². The van der Waals surface area contributed by atoms with Crippen LogP contribution < -0.4 is 15.4 Å². The van der Waals surface area contributed by atoms with E-state index in [1.54, 1.807) is 12.1 Å². The van der Waals surface area contributed by atoms with Crippen molar-refractivity contribution in [2.45, 2.75) is 26.7 Å². The van der Waals surface area contributed by atoms with Gasteiger partial charge in [0.1, 0.15) is 11.3 Å². The van der Waals surface area contributed by atoms with E-state index >= 15 is 0 Å². The number of carboxylic acids is 1. The molecule has 222 valence electrons. The first-order valence-electron chi connectivity index (χ1n) is 12.6. The predicted octanol–water partition coefficient (Wildman–Crippen LogP) is 3.39. The lowest BCUT2D eigenvalue weighted by molar-refractivity contribution is -0.255. The molecular formula is C30H32N3O7S2-. The van der Waals surface area contributed by atoms with Crippen molar-refractivity contribution in [1.82, 2.24) is 5.06 Å². The highest BCUT2D eigenvalue weighted by Crippen LogP contribution is 2.41. The molecule has 1 fully saturated rings. The zero-order chi connectivity index (χ0) is 29.0. The number of hydrogen-bond acceptors (Lipinski definition) is 9. The molecule has 0 radical (unpaired) electrons.